The average Bonchev–Trinajstić information content (AvgIpc) is 3.37. The number of hydrogen-bond donors (Lipinski definition) is 0. The lowest BCUT2D eigenvalue weighted by molar-refractivity contribution is 0.0689. The Kier molecular flexibility index (Phi) is 5.05. The fourth-order valence-corrected chi connectivity index (χ4v) is 4.74. The van der Waals surface area contributed by atoms with Crippen molar-refractivity contribution >= 4 is 27.3 Å². The maximum Gasteiger partial charge on any atom is 0.272 e. The summed E-state index contributed by atoms with van der Waals surface area (Å²) in [6, 6.07) is 15.3. The number of carbonyl (C=O) groups excluding carboxylic acids is 1. The molecular formula is C19H20N4O3S2. The molecule has 1 aromatic carbocycles. The summed E-state index contributed by atoms with van der Waals surface area (Å²) in [5, 5.41) is 6.64. The maximum atomic E-state index is 13.2. The van der Waals surface area contributed by atoms with Crippen LogP contribution in [-0.4, -0.2) is 65.7 Å². The Morgan fingerprint density at radius 2 is 1.75 bits per heavy atom. The summed E-state index contributed by atoms with van der Waals surface area (Å²) in [6.07, 6.45) is 1.20. The number of nitrogens with zero attached hydrogens (tertiary/aromatic N) is 4. The highest BCUT2D eigenvalue weighted by molar-refractivity contribution is 7.88. The van der Waals surface area contributed by atoms with Crippen molar-refractivity contribution in [2.75, 3.05) is 32.4 Å². The van der Waals surface area contributed by atoms with Gasteiger partial charge in [-0.3, -0.25) is 4.79 Å². The first kappa shape index (κ1) is 18.9. The van der Waals surface area contributed by atoms with Crippen LogP contribution in [0.1, 0.15) is 10.5 Å². The van der Waals surface area contributed by atoms with E-state index >= 15 is 0 Å². The average molecular weight is 417 g/mol. The van der Waals surface area contributed by atoms with Crippen LogP contribution in [0.25, 0.3) is 16.3 Å². The van der Waals surface area contributed by atoms with E-state index < -0.39 is 10.0 Å². The second-order valence-electron chi connectivity index (χ2n) is 6.59. The maximum absolute atomic E-state index is 13.2. The van der Waals surface area contributed by atoms with Gasteiger partial charge >= 0.3 is 0 Å². The fraction of sp³-hybridized carbons (Fsp3) is 0.263. The van der Waals surface area contributed by atoms with Crippen molar-refractivity contribution in [3.05, 3.63) is 59.6 Å². The number of para-hydroxylation sites is 1. The zero-order valence-corrected chi connectivity index (χ0v) is 17.0. The van der Waals surface area contributed by atoms with Crippen LogP contribution in [-0.2, 0) is 10.0 Å². The molecular weight excluding hydrogens is 396 g/mol. The number of benzene rings is 1. The van der Waals surface area contributed by atoms with E-state index in [1.54, 1.807) is 20.9 Å². The highest BCUT2D eigenvalue weighted by atomic mass is 32.2. The van der Waals surface area contributed by atoms with E-state index in [1.165, 1.54) is 10.6 Å². The molecule has 4 rings (SSSR count). The van der Waals surface area contributed by atoms with Crippen LogP contribution in [0.15, 0.2) is 53.9 Å². The van der Waals surface area contributed by atoms with Crippen LogP contribution in [0.4, 0.5) is 0 Å². The van der Waals surface area contributed by atoms with E-state index in [0.717, 1.165) is 16.3 Å². The van der Waals surface area contributed by atoms with Crippen LogP contribution in [0.3, 0.4) is 0 Å². The molecule has 1 aliphatic heterocycles. The molecule has 1 saturated heterocycles. The molecule has 0 unspecified atom stereocenters. The lowest BCUT2D eigenvalue weighted by atomic mass is 10.2. The van der Waals surface area contributed by atoms with Gasteiger partial charge in [0.1, 0.15) is 11.4 Å². The molecule has 1 fully saturated rings. The lowest BCUT2D eigenvalue weighted by Gasteiger charge is -2.33. The van der Waals surface area contributed by atoms with Gasteiger partial charge in [0, 0.05) is 26.2 Å². The second kappa shape index (κ2) is 7.50. The van der Waals surface area contributed by atoms with E-state index in [0.29, 0.717) is 31.9 Å². The Morgan fingerprint density at radius 3 is 2.36 bits per heavy atom. The number of thiophene rings is 1. The lowest BCUT2D eigenvalue weighted by Crippen LogP contribution is -2.50. The minimum Gasteiger partial charge on any atom is -0.335 e. The van der Waals surface area contributed by atoms with E-state index in [-0.39, 0.29) is 5.91 Å². The summed E-state index contributed by atoms with van der Waals surface area (Å²) in [5.74, 6) is -0.146. The third-order valence-corrected chi connectivity index (χ3v) is 6.89. The molecule has 0 bridgehead atoms. The van der Waals surface area contributed by atoms with Crippen LogP contribution >= 0.6 is 11.3 Å². The first-order valence-electron chi connectivity index (χ1n) is 8.87. The molecule has 0 aliphatic carbocycles. The van der Waals surface area contributed by atoms with E-state index in [2.05, 4.69) is 5.10 Å². The smallest absolute Gasteiger partial charge is 0.272 e. The number of rotatable bonds is 4. The zero-order chi connectivity index (χ0) is 19.7. The van der Waals surface area contributed by atoms with Crippen LogP contribution in [0.5, 0.6) is 0 Å². The van der Waals surface area contributed by atoms with Gasteiger partial charge in [0.25, 0.3) is 5.91 Å². The SMILES string of the molecule is CS(=O)(=O)N1CCN(C(=O)c2cc(-c3cccs3)nn2-c2ccccc2)CC1. The summed E-state index contributed by atoms with van der Waals surface area (Å²) >= 11 is 1.57. The minimum atomic E-state index is -3.24. The minimum absolute atomic E-state index is 0.146. The summed E-state index contributed by atoms with van der Waals surface area (Å²) in [7, 11) is -3.24. The van der Waals surface area contributed by atoms with E-state index in [4.69, 9.17) is 0 Å². The third kappa shape index (κ3) is 3.73. The largest absolute Gasteiger partial charge is 0.335 e. The van der Waals surface area contributed by atoms with Crippen molar-refractivity contribution < 1.29 is 13.2 Å². The monoisotopic (exact) mass is 416 g/mol. The third-order valence-electron chi connectivity index (χ3n) is 4.70. The molecule has 1 amide bonds. The summed E-state index contributed by atoms with van der Waals surface area (Å²) in [5.41, 5.74) is 2.03. The zero-order valence-electron chi connectivity index (χ0n) is 15.4. The molecule has 7 nitrogen and oxygen atoms in total. The Labute approximate surface area is 167 Å². The van der Waals surface area contributed by atoms with Gasteiger partial charge in [-0.05, 0) is 29.6 Å². The standard InChI is InChI=1S/C19H20N4O3S2/c1-28(25,26)22-11-9-21(10-12-22)19(24)17-14-16(18-8-5-13-27-18)20-23(17)15-6-3-2-4-7-15/h2-8,13-14H,9-12H2,1H3. The molecule has 0 atom stereocenters. The van der Waals surface area contributed by atoms with Gasteiger partial charge in [-0.1, -0.05) is 24.3 Å². The molecule has 28 heavy (non-hydrogen) atoms. The van der Waals surface area contributed by atoms with Crippen LogP contribution in [0.2, 0.25) is 0 Å². The topological polar surface area (TPSA) is 75.5 Å². The van der Waals surface area contributed by atoms with Gasteiger partial charge in [0.05, 0.1) is 16.8 Å². The van der Waals surface area contributed by atoms with Crippen molar-refractivity contribution in [3.63, 3.8) is 0 Å². The molecule has 3 aromatic rings. The van der Waals surface area contributed by atoms with Crippen molar-refractivity contribution in [2.24, 2.45) is 0 Å². The predicted molar refractivity (Wildman–Crippen MR) is 109 cm³/mol. The predicted octanol–water partition coefficient (Wildman–Crippen LogP) is 2.32. The molecule has 2 aromatic heterocycles. The van der Waals surface area contributed by atoms with Crippen molar-refractivity contribution in [1.29, 1.82) is 0 Å². The Balaban J connectivity index is 1.66. The number of aromatic nitrogens is 2. The molecule has 1 aliphatic rings. The van der Waals surface area contributed by atoms with Crippen molar-refractivity contribution in [2.45, 2.75) is 0 Å². The highest BCUT2D eigenvalue weighted by Crippen LogP contribution is 2.26. The molecule has 9 heteroatoms. The van der Waals surface area contributed by atoms with Crippen molar-refractivity contribution in [3.8, 4) is 16.3 Å². The number of piperazine rings is 1. The van der Waals surface area contributed by atoms with E-state index in [1.807, 2.05) is 53.9 Å². The molecule has 0 N–H and O–H groups in total. The second-order valence-corrected chi connectivity index (χ2v) is 9.52. The first-order chi connectivity index (χ1) is 13.4. The molecule has 0 saturated carbocycles. The molecule has 0 spiro atoms. The van der Waals surface area contributed by atoms with Crippen molar-refractivity contribution in [1.82, 2.24) is 19.0 Å². The summed E-state index contributed by atoms with van der Waals surface area (Å²) in [6.45, 7) is 1.34. The van der Waals surface area contributed by atoms with Gasteiger partial charge in [0.2, 0.25) is 10.0 Å². The molecule has 3 heterocycles. The van der Waals surface area contributed by atoms with E-state index in [9.17, 15) is 13.2 Å². The highest BCUT2D eigenvalue weighted by Gasteiger charge is 2.29. The van der Waals surface area contributed by atoms with Gasteiger partial charge < -0.3 is 4.90 Å². The number of carbonyl (C=O) groups is 1. The van der Waals surface area contributed by atoms with Crippen LogP contribution < -0.4 is 0 Å². The molecule has 146 valence electrons. The fourth-order valence-electron chi connectivity index (χ4n) is 3.23. The first-order valence-corrected chi connectivity index (χ1v) is 11.6. The Morgan fingerprint density at radius 1 is 1.04 bits per heavy atom. The molecule has 0 radical (unpaired) electrons. The summed E-state index contributed by atoms with van der Waals surface area (Å²) in [4.78, 5) is 15.9. The van der Waals surface area contributed by atoms with Gasteiger partial charge in [-0.2, -0.15) is 9.40 Å². The van der Waals surface area contributed by atoms with Gasteiger partial charge in [-0.15, -0.1) is 11.3 Å². The van der Waals surface area contributed by atoms with Crippen LogP contribution in [0, 0.1) is 0 Å². The Hall–Kier alpha value is -2.49. The number of hydrogen-bond acceptors (Lipinski definition) is 5. The Bertz CT molecular complexity index is 1070. The van der Waals surface area contributed by atoms with Gasteiger partial charge in [0.15, 0.2) is 0 Å². The summed E-state index contributed by atoms with van der Waals surface area (Å²) < 4.78 is 26.5. The van der Waals surface area contributed by atoms with Gasteiger partial charge in [-0.25, -0.2) is 13.1 Å². The number of sulfonamides is 1. The quantitative estimate of drug-likeness (QED) is 0.654. The normalized spacial score (nSPS) is 15.7. The number of amides is 1.